The molecule has 0 saturated carbocycles. The molecule has 6 N–H and O–H groups in total. The molecule has 0 aromatic heterocycles. The number of carbonyl (C=O) groups excluding carboxylic acids is 1. The van der Waals surface area contributed by atoms with E-state index in [0.717, 1.165) is 0 Å². The van der Waals surface area contributed by atoms with Gasteiger partial charge in [-0.15, -0.1) is 0 Å². The molecule has 2 unspecified atom stereocenters. The van der Waals surface area contributed by atoms with Gasteiger partial charge in [0.2, 0.25) is 5.91 Å². The summed E-state index contributed by atoms with van der Waals surface area (Å²) in [5, 5.41) is 49.8. The first-order valence-corrected chi connectivity index (χ1v) is 6.50. The fourth-order valence-electron chi connectivity index (χ4n) is 2.44. The van der Waals surface area contributed by atoms with Gasteiger partial charge in [0.15, 0.2) is 0 Å². The fraction of sp³-hybridized carbons (Fsp3) is 0.833. The average molecular weight is 307 g/mol. The largest absolute Gasteiger partial charge is 0.477 e. The summed E-state index contributed by atoms with van der Waals surface area (Å²) in [5.41, 5.74) is 0. The van der Waals surface area contributed by atoms with Crippen LogP contribution in [0, 0.1) is 5.92 Å². The van der Waals surface area contributed by atoms with Crippen molar-refractivity contribution in [2.45, 2.75) is 50.4 Å². The SMILES string of the molecule is CC(=O)N[C@H]1C([C@H](O)[C@H](O)CO)OC(O)(C(=O)O)C[C@@H]1C. The van der Waals surface area contributed by atoms with Crippen LogP contribution < -0.4 is 5.32 Å². The minimum Gasteiger partial charge on any atom is -0.477 e. The number of aliphatic carboxylic acids is 1. The Bertz CT molecular complexity index is 403. The Balaban J connectivity index is 3.07. The number of rotatable bonds is 5. The molecule has 9 heteroatoms. The summed E-state index contributed by atoms with van der Waals surface area (Å²) in [6.45, 7) is 2.02. The molecular weight excluding hydrogens is 286 g/mol. The molecule has 1 aliphatic rings. The zero-order chi connectivity index (χ0) is 16.4. The lowest BCUT2D eigenvalue weighted by molar-refractivity contribution is -0.288. The van der Waals surface area contributed by atoms with Crippen LogP contribution in [0.4, 0.5) is 0 Å². The monoisotopic (exact) mass is 307 g/mol. The first-order chi connectivity index (χ1) is 9.62. The smallest absolute Gasteiger partial charge is 0.364 e. The molecule has 122 valence electrons. The zero-order valence-corrected chi connectivity index (χ0v) is 11.8. The van der Waals surface area contributed by atoms with Crippen LogP contribution in [0.15, 0.2) is 0 Å². The summed E-state index contributed by atoms with van der Waals surface area (Å²) in [4.78, 5) is 22.3. The Morgan fingerprint density at radius 3 is 2.43 bits per heavy atom. The highest BCUT2D eigenvalue weighted by atomic mass is 16.7. The Labute approximate surface area is 121 Å². The minimum absolute atomic E-state index is 0.300. The molecule has 0 aromatic rings. The van der Waals surface area contributed by atoms with E-state index >= 15 is 0 Å². The van der Waals surface area contributed by atoms with Crippen molar-refractivity contribution >= 4 is 11.9 Å². The molecule has 1 fully saturated rings. The highest BCUT2D eigenvalue weighted by Crippen LogP contribution is 2.33. The number of hydrogen-bond donors (Lipinski definition) is 6. The van der Waals surface area contributed by atoms with Crippen molar-refractivity contribution in [3.63, 3.8) is 0 Å². The van der Waals surface area contributed by atoms with E-state index < -0.39 is 54.5 Å². The van der Waals surface area contributed by atoms with Gasteiger partial charge in [0.1, 0.15) is 18.3 Å². The number of carboxylic acids is 1. The summed E-state index contributed by atoms with van der Waals surface area (Å²) in [6, 6.07) is -0.821. The van der Waals surface area contributed by atoms with Gasteiger partial charge in [-0.3, -0.25) is 4.79 Å². The van der Waals surface area contributed by atoms with Crippen molar-refractivity contribution in [3.05, 3.63) is 0 Å². The van der Waals surface area contributed by atoms with Crippen LogP contribution >= 0.6 is 0 Å². The number of nitrogens with one attached hydrogen (secondary N) is 1. The Morgan fingerprint density at radius 2 is 2.00 bits per heavy atom. The Morgan fingerprint density at radius 1 is 1.43 bits per heavy atom. The van der Waals surface area contributed by atoms with Crippen molar-refractivity contribution < 1.29 is 39.9 Å². The third kappa shape index (κ3) is 3.89. The molecule has 1 rings (SSSR count). The van der Waals surface area contributed by atoms with Crippen LogP contribution in [0.3, 0.4) is 0 Å². The van der Waals surface area contributed by atoms with Crippen LogP contribution in [0.2, 0.25) is 0 Å². The summed E-state index contributed by atoms with van der Waals surface area (Å²) < 4.78 is 5.02. The van der Waals surface area contributed by atoms with Gasteiger partial charge in [0, 0.05) is 13.3 Å². The molecule has 9 nitrogen and oxygen atoms in total. The zero-order valence-electron chi connectivity index (χ0n) is 11.8. The van der Waals surface area contributed by atoms with Crippen molar-refractivity contribution in [3.8, 4) is 0 Å². The maximum atomic E-state index is 11.2. The van der Waals surface area contributed by atoms with Crippen LogP contribution in [-0.4, -0.2) is 74.2 Å². The lowest BCUT2D eigenvalue weighted by atomic mass is 9.83. The molecule has 0 aromatic carbocycles. The van der Waals surface area contributed by atoms with Gasteiger partial charge in [-0.25, -0.2) is 4.79 Å². The van der Waals surface area contributed by atoms with Crippen LogP contribution in [0.25, 0.3) is 0 Å². The fourth-order valence-corrected chi connectivity index (χ4v) is 2.44. The quantitative estimate of drug-likeness (QED) is 0.323. The van der Waals surface area contributed by atoms with Gasteiger partial charge < -0.3 is 35.6 Å². The van der Waals surface area contributed by atoms with Crippen LogP contribution in [0.5, 0.6) is 0 Å². The summed E-state index contributed by atoms with van der Waals surface area (Å²) in [6.07, 6.45) is -4.97. The van der Waals surface area contributed by atoms with Crippen LogP contribution in [-0.2, 0) is 14.3 Å². The topological polar surface area (TPSA) is 157 Å². The van der Waals surface area contributed by atoms with Gasteiger partial charge in [0.25, 0.3) is 5.79 Å². The number of carbonyl (C=O) groups is 2. The Kier molecular flexibility index (Phi) is 5.65. The van der Waals surface area contributed by atoms with E-state index in [-0.39, 0.29) is 6.42 Å². The third-order valence-electron chi connectivity index (χ3n) is 3.52. The van der Waals surface area contributed by atoms with Gasteiger partial charge in [-0.2, -0.15) is 0 Å². The molecule has 6 atom stereocenters. The molecule has 1 heterocycles. The van der Waals surface area contributed by atoms with E-state index in [1.165, 1.54) is 6.92 Å². The van der Waals surface area contributed by atoms with Gasteiger partial charge >= 0.3 is 5.97 Å². The first kappa shape index (κ1) is 17.8. The number of ether oxygens (including phenoxy) is 1. The number of aliphatic hydroxyl groups is 4. The maximum absolute atomic E-state index is 11.2. The lowest BCUT2D eigenvalue weighted by Gasteiger charge is -2.45. The summed E-state index contributed by atoms with van der Waals surface area (Å²) >= 11 is 0. The second kappa shape index (κ2) is 6.67. The molecule has 0 radical (unpaired) electrons. The van der Waals surface area contributed by atoms with E-state index in [9.17, 15) is 24.9 Å². The standard InChI is InChI=1S/C12H21NO8/c1-5-3-12(20,11(18)19)21-10(8(5)13-6(2)15)9(17)7(16)4-14/h5,7-10,14,16-17,20H,3-4H2,1-2H3,(H,13,15)(H,18,19)/t5-,7+,8+,9+,10?,12?/m0/s1. The second-order valence-electron chi connectivity index (χ2n) is 5.32. The Hall–Kier alpha value is -1.26. The van der Waals surface area contributed by atoms with E-state index in [1.807, 2.05) is 0 Å². The highest BCUT2D eigenvalue weighted by Gasteiger charge is 2.52. The predicted molar refractivity (Wildman–Crippen MR) is 67.9 cm³/mol. The molecule has 0 spiro atoms. The van der Waals surface area contributed by atoms with E-state index in [2.05, 4.69) is 5.32 Å². The van der Waals surface area contributed by atoms with Crippen molar-refractivity contribution in [1.82, 2.24) is 5.32 Å². The number of hydrogen-bond acceptors (Lipinski definition) is 7. The molecule has 1 amide bonds. The molecule has 1 saturated heterocycles. The summed E-state index contributed by atoms with van der Waals surface area (Å²) in [7, 11) is 0. The minimum atomic E-state index is -2.53. The summed E-state index contributed by atoms with van der Waals surface area (Å²) in [5.74, 6) is -5.15. The number of aliphatic hydroxyl groups excluding tert-OH is 3. The molecule has 1 aliphatic heterocycles. The van der Waals surface area contributed by atoms with Crippen molar-refractivity contribution in [1.29, 1.82) is 0 Å². The lowest BCUT2D eigenvalue weighted by Crippen LogP contribution is -2.65. The van der Waals surface area contributed by atoms with Gasteiger partial charge in [0.05, 0.1) is 12.6 Å². The molecule has 0 bridgehead atoms. The van der Waals surface area contributed by atoms with Crippen molar-refractivity contribution in [2.75, 3.05) is 6.61 Å². The number of carboxylic acid groups (broad SMARTS) is 1. The average Bonchev–Trinajstić information content (AvgIpc) is 2.39. The van der Waals surface area contributed by atoms with Gasteiger partial charge in [-0.05, 0) is 5.92 Å². The molecule has 0 aliphatic carbocycles. The first-order valence-electron chi connectivity index (χ1n) is 6.50. The van der Waals surface area contributed by atoms with E-state index in [4.69, 9.17) is 14.9 Å². The van der Waals surface area contributed by atoms with Gasteiger partial charge in [-0.1, -0.05) is 6.92 Å². The number of amides is 1. The van der Waals surface area contributed by atoms with Crippen LogP contribution in [0.1, 0.15) is 20.3 Å². The normalized spacial score (nSPS) is 35.8. The second-order valence-corrected chi connectivity index (χ2v) is 5.32. The maximum Gasteiger partial charge on any atom is 0.364 e. The van der Waals surface area contributed by atoms with Crippen molar-refractivity contribution in [2.24, 2.45) is 5.92 Å². The predicted octanol–water partition coefficient (Wildman–Crippen LogP) is -2.60. The highest BCUT2D eigenvalue weighted by molar-refractivity contribution is 5.76. The molecular formula is C12H21NO8. The third-order valence-corrected chi connectivity index (χ3v) is 3.52. The van der Waals surface area contributed by atoms with E-state index in [1.54, 1.807) is 6.92 Å². The van der Waals surface area contributed by atoms with E-state index in [0.29, 0.717) is 0 Å². The molecule has 21 heavy (non-hydrogen) atoms.